The molecule has 0 unspecified atom stereocenters. The predicted octanol–water partition coefficient (Wildman–Crippen LogP) is -2.74. The topological polar surface area (TPSA) is 77.2 Å². The van der Waals surface area contributed by atoms with Gasteiger partial charge in [0.05, 0.1) is 4.90 Å². The molecule has 6 heteroatoms. The van der Waals surface area contributed by atoms with Gasteiger partial charge in [-0.25, -0.2) is 13.6 Å². The second-order valence-corrected chi connectivity index (χ2v) is 3.73. The Morgan fingerprint density at radius 1 is 1.31 bits per heavy atom. The molecule has 4 nitrogen and oxygen atoms in total. The third kappa shape index (κ3) is 3.21. The van der Waals surface area contributed by atoms with Crippen molar-refractivity contribution in [3.05, 3.63) is 29.8 Å². The molecule has 0 radical (unpaired) electrons. The molecule has 0 aliphatic heterocycles. The molecule has 66 valence electrons. The molecule has 0 spiro atoms. The molecule has 0 fully saturated rings. The molecule has 0 aliphatic rings. The van der Waals surface area contributed by atoms with E-state index >= 15 is 0 Å². The fourth-order valence-electron chi connectivity index (χ4n) is 0.837. The minimum absolute atomic E-state index is 0. The van der Waals surface area contributed by atoms with Gasteiger partial charge in [-0.1, -0.05) is 18.2 Å². The number of carbonyl (C=O) groups excluding carboxylic acids is 1. The van der Waals surface area contributed by atoms with Gasteiger partial charge in [-0.05, 0) is 6.07 Å². The van der Waals surface area contributed by atoms with E-state index in [2.05, 4.69) is 0 Å². The van der Waals surface area contributed by atoms with E-state index in [0.29, 0.717) is 6.29 Å². The zero-order chi connectivity index (χ0) is 9.19. The fraction of sp³-hybridized carbons (Fsp3) is 0. The van der Waals surface area contributed by atoms with Gasteiger partial charge in [0.2, 0.25) is 10.0 Å². The average molecular weight is 209 g/mol. The minimum Gasteiger partial charge on any atom is -1.00 e. The number of aldehydes is 1. The van der Waals surface area contributed by atoms with Gasteiger partial charge in [0, 0.05) is 5.56 Å². The summed E-state index contributed by atoms with van der Waals surface area (Å²) in [5.74, 6) is 0. The summed E-state index contributed by atoms with van der Waals surface area (Å²) in [5.41, 5.74) is 0.0833. The SMILES string of the molecule is NS(=O)(=O)c1ccccc1C=O.[H-].[Na+]. The summed E-state index contributed by atoms with van der Waals surface area (Å²) >= 11 is 0. The monoisotopic (exact) mass is 209 g/mol. The molecule has 0 saturated carbocycles. The van der Waals surface area contributed by atoms with Gasteiger partial charge in [-0.3, -0.25) is 4.79 Å². The van der Waals surface area contributed by atoms with E-state index in [-0.39, 0.29) is 41.4 Å². The van der Waals surface area contributed by atoms with Crippen LogP contribution in [0.25, 0.3) is 0 Å². The molecule has 1 aromatic carbocycles. The Morgan fingerprint density at radius 2 is 1.85 bits per heavy atom. The summed E-state index contributed by atoms with van der Waals surface area (Å²) in [6, 6.07) is 5.76. The molecule has 0 aliphatic carbocycles. The Morgan fingerprint density at radius 3 is 2.23 bits per heavy atom. The number of benzene rings is 1. The summed E-state index contributed by atoms with van der Waals surface area (Å²) in [4.78, 5) is 10.2. The number of sulfonamides is 1. The molecule has 0 saturated heterocycles. The van der Waals surface area contributed by atoms with Gasteiger partial charge in [0.25, 0.3) is 0 Å². The van der Waals surface area contributed by atoms with Crippen molar-refractivity contribution >= 4 is 16.3 Å². The molecule has 0 atom stereocenters. The predicted molar refractivity (Wildman–Crippen MR) is 44.3 cm³/mol. The molecule has 0 amide bonds. The second-order valence-electron chi connectivity index (χ2n) is 2.20. The van der Waals surface area contributed by atoms with Crippen molar-refractivity contribution in [3.8, 4) is 0 Å². The van der Waals surface area contributed by atoms with Crippen LogP contribution in [0.5, 0.6) is 0 Å². The van der Waals surface area contributed by atoms with Crippen LogP contribution >= 0.6 is 0 Å². The summed E-state index contributed by atoms with van der Waals surface area (Å²) in [6.07, 6.45) is 0.458. The molecule has 0 heterocycles. The molecule has 2 N–H and O–H groups in total. The number of nitrogens with two attached hydrogens (primary N) is 1. The van der Waals surface area contributed by atoms with Crippen LogP contribution < -0.4 is 34.7 Å². The van der Waals surface area contributed by atoms with Gasteiger partial charge < -0.3 is 1.43 Å². The first-order valence-corrected chi connectivity index (χ1v) is 4.67. The van der Waals surface area contributed by atoms with Crippen LogP contribution in [-0.4, -0.2) is 14.7 Å². The van der Waals surface area contributed by atoms with Crippen LogP contribution in [0.1, 0.15) is 11.8 Å². The van der Waals surface area contributed by atoms with Gasteiger partial charge in [0.1, 0.15) is 0 Å². The van der Waals surface area contributed by atoms with Crippen LogP contribution in [0.3, 0.4) is 0 Å². The standard InChI is InChI=1S/C7H7NO3S.Na.H/c8-12(10,11)7-4-2-1-3-6(7)5-9;;/h1-5H,(H2,8,10,11);;/q;+1;-1. The number of primary sulfonamides is 1. The van der Waals surface area contributed by atoms with Crippen molar-refractivity contribution in [2.75, 3.05) is 0 Å². The summed E-state index contributed by atoms with van der Waals surface area (Å²) in [7, 11) is -3.78. The van der Waals surface area contributed by atoms with Crippen LogP contribution in [-0.2, 0) is 10.0 Å². The van der Waals surface area contributed by atoms with E-state index in [4.69, 9.17) is 5.14 Å². The van der Waals surface area contributed by atoms with E-state index < -0.39 is 10.0 Å². The summed E-state index contributed by atoms with van der Waals surface area (Å²) in [6.45, 7) is 0. The van der Waals surface area contributed by atoms with Crippen LogP contribution in [0.15, 0.2) is 29.2 Å². The molecule has 1 aromatic rings. The van der Waals surface area contributed by atoms with Crippen molar-refractivity contribution in [3.63, 3.8) is 0 Å². The van der Waals surface area contributed by atoms with E-state index in [1.54, 1.807) is 6.07 Å². The quantitative estimate of drug-likeness (QED) is 0.424. The maximum atomic E-state index is 10.8. The average Bonchev–Trinajstić information content (AvgIpc) is 2.03. The number of rotatable bonds is 2. The van der Waals surface area contributed by atoms with Gasteiger partial charge in [0.15, 0.2) is 6.29 Å². The third-order valence-electron chi connectivity index (χ3n) is 1.35. The number of hydrogen-bond acceptors (Lipinski definition) is 3. The Labute approximate surface area is 100.0 Å². The van der Waals surface area contributed by atoms with Crippen molar-refractivity contribution in [1.29, 1.82) is 0 Å². The number of carbonyl (C=O) groups is 1. The normalized spacial score (nSPS) is 10.2. The van der Waals surface area contributed by atoms with Gasteiger partial charge in [-0.2, -0.15) is 0 Å². The maximum absolute atomic E-state index is 10.8. The Hall–Kier alpha value is -0.200. The van der Waals surface area contributed by atoms with E-state index in [1.165, 1.54) is 18.2 Å². The molecular weight excluding hydrogens is 201 g/mol. The summed E-state index contributed by atoms with van der Waals surface area (Å²) < 4.78 is 21.7. The first-order chi connectivity index (χ1) is 5.55. The van der Waals surface area contributed by atoms with E-state index in [9.17, 15) is 13.2 Å². The van der Waals surface area contributed by atoms with Gasteiger partial charge in [-0.15, -0.1) is 0 Å². The van der Waals surface area contributed by atoms with E-state index in [1.807, 2.05) is 0 Å². The van der Waals surface area contributed by atoms with Crippen molar-refractivity contribution < 1.29 is 44.2 Å². The van der Waals surface area contributed by atoms with E-state index in [0.717, 1.165) is 0 Å². The van der Waals surface area contributed by atoms with Crippen molar-refractivity contribution in [2.24, 2.45) is 5.14 Å². The zero-order valence-electron chi connectivity index (χ0n) is 8.10. The second kappa shape index (κ2) is 4.88. The van der Waals surface area contributed by atoms with Crippen LogP contribution in [0.4, 0.5) is 0 Å². The van der Waals surface area contributed by atoms with Gasteiger partial charge >= 0.3 is 29.6 Å². The zero-order valence-corrected chi connectivity index (χ0v) is 9.91. The van der Waals surface area contributed by atoms with Crippen molar-refractivity contribution in [2.45, 2.75) is 4.90 Å². The maximum Gasteiger partial charge on any atom is 1.00 e. The molecular formula is C7H8NNaO3S. The molecule has 0 bridgehead atoms. The number of hydrogen-bond donors (Lipinski definition) is 1. The molecule has 1 rings (SSSR count). The fourth-order valence-corrected chi connectivity index (χ4v) is 1.55. The first-order valence-electron chi connectivity index (χ1n) is 3.12. The minimum atomic E-state index is -3.78. The van der Waals surface area contributed by atoms with Crippen LogP contribution in [0, 0.1) is 0 Å². The first kappa shape index (κ1) is 12.8. The Bertz CT molecular complexity index is 407. The summed E-state index contributed by atoms with van der Waals surface area (Å²) in [5, 5.41) is 4.85. The smallest absolute Gasteiger partial charge is 1.00 e. The Balaban J connectivity index is 0. The largest absolute Gasteiger partial charge is 1.00 e. The molecule has 0 aromatic heterocycles. The molecule has 13 heavy (non-hydrogen) atoms. The Kier molecular flexibility index (Phi) is 4.80. The van der Waals surface area contributed by atoms with Crippen LogP contribution in [0.2, 0.25) is 0 Å². The third-order valence-corrected chi connectivity index (χ3v) is 2.34. The van der Waals surface area contributed by atoms with Crippen molar-refractivity contribution in [1.82, 2.24) is 0 Å².